The molecule has 0 saturated heterocycles. The van der Waals surface area contributed by atoms with Gasteiger partial charge in [0.15, 0.2) is 0 Å². The standard InChI is InChI=1S/C24H34O2/c1-21-8-10-23(11-9-21)20-24-14-12-22(13-15-24)16-19-26-18-7-5-3-4-6-17-25-2/h8-15H,3-7,16-20H2,1-2H3. The first-order chi connectivity index (χ1) is 12.8. The second-order valence-corrected chi connectivity index (χ2v) is 7.10. The lowest BCUT2D eigenvalue weighted by molar-refractivity contribution is 0.132. The number of hydrogen-bond acceptors (Lipinski definition) is 2. The lowest BCUT2D eigenvalue weighted by atomic mass is 10.0. The average Bonchev–Trinajstić information content (AvgIpc) is 2.66. The van der Waals surface area contributed by atoms with Crippen molar-refractivity contribution in [2.45, 2.75) is 51.9 Å². The zero-order valence-corrected chi connectivity index (χ0v) is 16.5. The van der Waals surface area contributed by atoms with Crippen molar-refractivity contribution in [3.05, 3.63) is 70.8 Å². The molecule has 0 heterocycles. The first-order valence-corrected chi connectivity index (χ1v) is 9.98. The van der Waals surface area contributed by atoms with E-state index >= 15 is 0 Å². The van der Waals surface area contributed by atoms with Crippen LogP contribution in [0.1, 0.15) is 54.4 Å². The van der Waals surface area contributed by atoms with Gasteiger partial charge in [-0.3, -0.25) is 0 Å². The molecule has 2 aromatic carbocycles. The summed E-state index contributed by atoms with van der Waals surface area (Å²) in [7, 11) is 1.77. The first kappa shape index (κ1) is 20.7. The van der Waals surface area contributed by atoms with Gasteiger partial charge in [0, 0.05) is 20.3 Å². The Balaban J connectivity index is 1.55. The van der Waals surface area contributed by atoms with Gasteiger partial charge in [-0.05, 0) is 49.3 Å². The van der Waals surface area contributed by atoms with E-state index in [9.17, 15) is 0 Å². The Kier molecular flexibility index (Phi) is 10.1. The predicted octanol–water partition coefficient (Wildman–Crippen LogP) is 5.74. The van der Waals surface area contributed by atoms with E-state index in [4.69, 9.17) is 9.47 Å². The number of ether oxygens (including phenoxy) is 2. The Morgan fingerprint density at radius 1 is 0.615 bits per heavy atom. The van der Waals surface area contributed by atoms with Crippen molar-refractivity contribution in [1.82, 2.24) is 0 Å². The summed E-state index contributed by atoms with van der Waals surface area (Å²) in [6, 6.07) is 17.8. The van der Waals surface area contributed by atoms with Crippen molar-refractivity contribution in [1.29, 1.82) is 0 Å². The van der Waals surface area contributed by atoms with Gasteiger partial charge in [-0.15, -0.1) is 0 Å². The fraction of sp³-hybridized carbons (Fsp3) is 0.500. The van der Waals surface area contributed by atoms with Crippen LogP contribution in [0.15, 0.2) is 48.5 Å². The Bertz CT molecular complexity index is 587. The molecule has 0 bridgehead atoms. The van der Waals surface area contributed by atoms with Crippen molar-refractivity contribution >= 4 is 0 Å². The Morgan fingerprint density at radius 3 is 1.81 bits per heavy atom. The van der Waals surface area contributed by atoms with E-state index in [1.165, 1.54) is 54.4 Å². The van der Waals surface area contributed by atoms with Crippen LogP contribution >= 0.6 is 0 Å². The van der Waals surface area contributed by atoms with Crippen LogP contribution in [0.5, 0.6) is 0 Å². The molecule has 0 fully saturated rings. The van der Waals surface area contributed by atoms with E-state index < -0.39 is 0 Å². The Labute approximate surface area is 159 Å². The maximum atomic E-state index is 5.78. The zero-order chi connectivity index (χ0) is 18.5. The highest BCUT2D eigenvalue weighted by Gasteiger charge is 1.99. The lowest BCUT2D eigenvalue weighted by Gasteiger charge is -2.07. The molecule has 2 aromatic rings. The molecule has 2 heteroatoms. The van der Waals surface area contributed by atoms with Gasteiger partial charge in [0.05, 0.1) is 6.61 Å². The number of benzene rings is 2. The molecule has 2 nitrogen and oxygen atoms in total. The molecule has 0 amide bonds. The summed E-state index contributed by atoms with van der Waals surface area (Å²) in [5.74, 6) is 0. The SMILES string of the molecule is COCCCCCCCOCCc1ccc(Cc2ccc(C)cc2)cc1. The van der Waals surface area contributed by atoms with E-state index in [1.54, 1.807) is 7.11 Å². The molecule has 0 aliphatic carbocycles. The smallest absolute Gasteiger partial charge is 0.0506 e. The third kappa shape index (κ3) is 8.64. The molecule has 0 atom stereocenters. The molecule has 0 spiro atoms. The van der Waals surface area contributed by atoms with Crippen LogP contribution in [0.25, 0.3) is 0 Å². The Hall–Kier alpha value is -1.64. The van der Waals surface area contributed by atoms with Crippen molar-refractivity contribution in [2.75, 3.05) is 26.9 Å². The van der Waals surface area contributed by atoms with Gasteiger partial charge in [-0.1, -0.05) is 73.4 Å². The van der Waals surface area contributed by atoms with Gasteiger partial charge >= 0.3 is 0 Å². The summed E-state index contributed by atoms with van der Waals surface area (Å²) >= 11 is 0. The van der Waals surface area contributed by atoms with Crippen LogP contribution in [-0.4, -0.2) is 26.9 Å². The third-order valence-corrected chi connectivity index (χ3v) is 4.72. The van der Waals surface area contributed by atoms with Gasteiger partial charge in [0.1, 0.15) is 0 Å². The molecule has 0 N–H and O–H groups in total. The van der Waals surface area contributed by atoms with E-state index in [0.29, 0.717) is 0 Å². The van der Waals surface area contributed by atoms with Gasteiger partial charge < -0.3 is 9.47 Å². The Morgan fingerprint density at radius 2 is 1.15 bits per heavy atom. The highest BCUT2D eigenvalue weighted by atomic mass is 16.5. The van der Waals surface area contributed by atoms with Crippen molar-refractivity contribution in [3.8, 4) is 0 Å². The maximum absolute atomic E-state index is 5.78. The maximum Gasteiger partial charge on any atom is 0.0506 e. The number of rotatable bonds is 13. The van der Waals surface area contributed by atoms with Crippen LogP contribution in [-0.2, 0) is 22.3 Å². The van der Waals surface area contributed by atoms with Gasteiger partial charge in [0.2, 0.25) is 0 Å². The first-order valence-electron chi connectivity index (χ1n) is 9.98. The molecule has 0 saturated carbocycles. The van der Waals surface area contributed by atoms with E-state index in [-0.39, 0.29) is 0 Å². The van der Waals surface area contributed by atoms with Crippen LogP contribution in [0, 0.1) is 6.92 Å². The largest absolute Gasteiger partial charge is 0.385 e. The lowest BCUT2D eigenvalue weighted by Crippen LogP contribution is -2.01. The molecular weight excluding hydrogens is 320 g/mol. The minimum absolute atomic E-state index is 0.820. The fourth-order valence-corrected chi connectivity index (χ4v) is 3.04. The van der Waals surface area contributed by atoms with Crippen LogP contribution in [0.4, 0.5) is 0 Å². The normalized spacial score (nSPS) is 11.0. The molecule has 0 radical (unpaired) electrons. The minimum Gasteiger partial charge on any atom is -0.385 e. The minimum atomic E-state index is 0.820. The van der Waals surface area contributed by atoms with Crippen molar-refractivity contribution < 1.29 is 9.47 Å². The van der Waals surface area contributed by atoms with Gasteiger partial charge in [-0.2, -0.15) is 0 Å². The van der Waals surface area contributed by atoms with Crippen molar-refractivity contribution in [3.63, 3.8) is 0 Å². The quantitative estimate of drug-likeness (QED) is 0.427. The van der Waals surface area contributed by atoms with Gasteiger partial charge in [0.25, 0.3) is 0 Å². The van der Waals surface area contributed by atoms with Crippen molar-refractivity contribution in [2.24, 2.45) is 0 Å². The molecule has 0 aromatic heterocycles. The number of hydrogen-bond donors (Lipinski definition) is 0. The highest BCUT2D eigenvalue weighted by Crippen LogP contribution is 2.12. The second-order valence-electron chi connectivity index (χ2n) is 7.10. The van der Waals surface area contributed by atoms with E-state index in [0.717, 1.165) is 32.7 Å². The summed E-state index contributed by atoms with van der Waals surface area (Å²) in [5, 5.41) is 0. The fourth-order valence-electron chi connectivity index (χ4n) is 3.04. The molecule has 26 heavy (non-hydrogen) atoms. The van der Waals surface area contributed by atoms with E-state index in [1.807, 2.05) is 0 Å². The summed E-state index contributed by atoms with van der Waals surface area (Å²) in [4.78, 5) is 0. The summed E-state index contributed by atoms with van der Waals surface area (Å²) in [6.45, 7) is 4.72. The third-order valence-electron chi connectivity index (χ3n) is 4.72. The highest BCUT2D eigenvalue weighted by molar-refractivity contribution is 5.30. The molecule has 0 aliphatic rings. The summed E-state index contributed by atoms with van der Waals surface area (Å²) in [6.07, 6.45) is 8.16. The van der Waals surface area contributed by atoms with Crippen LogP contribution in [0.3, 0.4) is 0 Å². The number of methoxy groups -OCH3 is 1. The van der Waals surface area contributed by atoms with E-state index in [2.05, 4.69) is 55.5 Å². The number of aryl methyl sites for hydroxylation is 1. The zero-order valence-electron chi connectivity index (χ0n) is 16.5. The average molecular weight is 355 g/mol. The molecular formula is C24H34O2. The topological polar surface area (TPSA) is 18.5 Å². The second kappa shape index (κ2) is 12.7. The van der Waals surface area contributed by atoms with Crippen LogP contribution in [0.2, 0.25) is 0 Å². The monoisotopic (exact) mass is 354 g/mol. The van der Waals surface area contributed by atoms with Crippen LogP contribution < -0.4 is 0 Å². The summed E-state index contributed by atoms with van der Waals surface area (Å²) in [5.41, 5.74) is 5.41. The molecule has 0 unspecified atom stereocenters. The summed E-state index contributed by atoms with van der Waals surface area (Å²) < 4.78 is 10.8. The predicted molar refractivity (Wildman–Crippen MR) is 110 cm³/mol. The van der Waals surface area contributed by atoms with Gasteiger partial charge in [-0.25, -0.2) is 0 Å². The molecule has 0 aliphatic heterocycles. The molecule has 2 rings (SSSR count). The molecule has 142 valence electrons. The number of unbranched alkanes of at least 4 members (excludes halogenated alkanes) is 4.